The molecule has 0 N–H and O–H groups in total. The molecule has 2 aromatic heterocycles. The molecular weight excluding hydrogens is 378 g/mol. The Kier molecular flexibility index (Phi) is 5.65. The Balaban J connectivity index is 1.59. The average molecular weight is 392 g/mol. The number of benzene rings is 1. The fourth-order valence-electron chi connectivity index (χ4n) is 2.08. The van der Waals surface area contributed by atoms with Crippen molar-refractivity contribution in [2.24, 2.45) is 0 Å². The number of nitro groups is 1. The van der Waals surface area contributed by atoms with Crippen molar-refractivity contribution < 1.29 is 14.4 Å². The van der Waals surface area contributed by atoms with Gasteiger partial charge in [-0.3, -0.25) is 0 Å². The van der Waals surface area contributed by atoms with Crippen molar-refractivity contribution in [2.45, 2.75) is 20.1 Å². The molecule has 134 valence electrons. The number of thiazole rings is 1. The van der Waals surface area contributed by atoms with Gasteiger partial charge in [0, 0.05) is 17.3 Å². The number of pyridine rings is 1. The van der Waals surface area contributed by atoms with Crippen LogP contribution in [0.25, 0.3) is 0 Å². The highest BCUT2D eigenvalue weighted by atomic mass is 35.5. The molecule has 7 nitrogen and oxygen atoms in total. The van der Waals surface area contributed by atoms with E-state index in [4.69, 9.17) is 21.1 Å². The Hall–Kier alpha value is -2.71. The molecule has 1 aromatic carbocycles. The smallest absolute Gasteiger partial charge is 0.406 e. The summed E-state index contributed by atoms with van der Waals surface area (Å²) in [6.07, 6.45) is 0. The molecule has 0 aliphatic rings. The van der Waals surface area contributed by atoms with Crippen LogP contribution in [0.3, 0.4) is 0 Å². The molecule has 0 unspecified atom stereocenters. The summed E-state index contributed by atoms with van der Waals surface area (Å²) in [5.41, 5.74) is 1.22. The molecule has 0 fully saturated rings. The van der Waals surface area contributed by atoms with E-state index in [0.717, 1.165) is 5.01 Å². The highest BCUT2D eigenvalue weighted by molar-refractivity contribution is 7.09. The van der Waals surface area contributed by atoms with E-state index in [1.165, 1.54) is 17.4 Å². The first-order valence-corrected chi connectivity index (χ1v) is 8.83. The molecule has 0 spiro atoms. The lowest BCUT2D eigenvalue weighted by Crippen LogP contribution is -2.02. The third-order valence-electron chi connectivity index (χ3n) is 3.30. The molecule has 0 radical (unpaired) electrons. The van der Waals surface area contributed by atoms with Gasteiger partial charge in [0.25, 0.3) is 0 Å². The van der Waals surface area contributed by atoms with Gasteiger partial charge in [0.1, 0.15) is 29.7 Å². The molecule has 3 rings (SSSR count). The van der Waals surface area contributed by atoms with E-state index in [2.05, 4.69) is 9.97 Å². The number of aryl methyl sites for hydroxylation is 1. The van der Waals surface area contributed by atoms with Crippen LogP contribution < -0.4 is 9.47 Å². The average Bonchev–Trinajstić information content (AvgIpc) is 3.08. The fraction of sp³-hybridized carbons (Fsp3) is 0.176. The Morgan fingerprint density at radius 3 is 2.62 bits per heavy atom. The van der Waals surface area contributed by atoms with Crippen LogP contribution in [-0.2, 0) is 13.2 Å². The predicted molar refractivity (Wildman–Crippen MR) is 97.9 cm³/mol. The topological polar surface area (TPSA) is 87.4 Å². The maximum absolute atomic E-state index is 11.1. The monoisotopic (exact) mass is 391 g/mol. The molecular formula is C17H14ClN3O4S. The summed E-state index contributed by atoms with van der Waals surface area (Å²) in [5, 5.41) is 14.3. The summed E-state index contributed by atoms with van der Waals surface area (Å²) in [6, 6.07) is 10.3. The zero-order chi connectivity index (χ0) is 18.5. The first-order valence-electron chi connectivity index (χ1n) is 7.58. The summed E-state index contributed by atoms with van der Waals surface area (Å²) in [4.78, 5) is 18.8. The quantitative estimate of drug-likeness (QED) is 0.433. The lowest BCUT2D eigenvalue weighted by Gasteiger charge is -2.05. The molecule has 9 heteroatoms. The standard InChI is InChI=1S/C17H14ClN3O4S/c1-11-2-7-15(17(19-11)21(22)23)25-8-13-10-26-16(20-13)9-24-14-5-3-12(18)4-6-14/h2-7,10H,8-9H2,1H3. The molecule has 26 heavy (non-hydrogen) atoms. The molecule has 0 amide bonds. The first-order chi connectivity index (χ1) is 12.5. The molecule has 0 saturated heterocycles. The molecule has 0 bridgehead atoms. The summed E-state index contributed by atoms with van der Waals surface area (Å²) < 4.78 is 11.1. The van der Waals surface area contributed by atoms with Gasteiger partial charge in [-0.2, -0.15) is 0 Å². The van der Waals surface area contributed by atoms with Crippen LogP contribution in [0.2, 0.25) is 5.02 Å². The number of nitrogens with zero attached hydrogens (tertiary/aromatic N) is 3. The second kappa shape index (κ2) is 8.11. The normalized spacial score (nSPS) is 10.5. The second-order valence-electron chi connectivity index (χ2n) is 5.30. The van der Waals surface area contributed by atoms with Crippen LogP contribution in [0.15, 0.2) is 41.8 Å². The lowest BCUT2D eigenvalue weighted by atomic mass is 10.3. The molecule has 0 atom stereocenters. The van der Waals surface area contributed by atoms with Gasteiger partial charge in [-0.1, -0.05) is 11.6 Å². The number of ether oxygens (including phenoxy) is 2. The highest BCUT2D eigenvalue weighted by Crippen LogP contribution is 2.25. The maximum Gasteiger partial charge on any atom is 0.406 e. The van der Waals surface area contributed by atoms with E-state index in [0.29, 0.717) is 28.8 Å². The molecule has 3 aromatic rings. The van der Waals surface area contributed by atoms with Crippen LogP contribution in [-0.4, -0.2) is 14.9 Å². The van der Waals surface area contributed by atoms with Crippen molar-refractivity contribution in [1.29, 1.82) is 0 Å². The SMILES string of the molecule is Cc1ccc(OCc2csc(COc3ccc(Cl)cc3)n2)c([N+](=O)[O-])n1. The number of hydrogen-bond acceptors (Lipinski definition) is 7. The van der Waals surface area contributed by atoms with E-state index in [1.54, 1.807) is 37.3 Å². The zero-order valence-corrected chi connectivity index (χ0v) is 15.3. The van der Waals surface area contributed by atoms with E-state index < -0.39 is 4.92 Å². The van der Waals surface area contributed by atoms with E-state index in [-0.39, 0.29) is 18.2 Å². The van der Waals surface area contributed by atoms with E-state index in [9.17, 15) is 10.1 Å². The van der Waals surface area contributed by atoms with Crippen molar-refractivity contribution in [1.82, 2.24) is 9.97 Å². The summed E-state index contributed by atoms with van der Waals surface area (Å²) in [7, 11) is 0. The third-order valence-corrected chi connectivity index (χ3v) is 4.43. The lowest BCUT2D eigenvalue weighted by molar-refractivity contribution is -0.390. The molecule has 0 aliphatic carbocycles. The van der Waals surface area contributed by atoms with Gasteiger partial charge in [0.15, 0.2) is 0 Å². The Morgan fingerprint density at radius 1 is 1.12 bits per heavy atom. The van der Waals surface area contributed by atoms with E-state index in [1.807, 2.05) is 5.38 Å². The van der Waals surface area contributed by atoms with Gasteiger partial charge >= 0.3 is 5.82 Å². The molecule has 0 aliphatic heterocycles. The van der Waals surface area contributed by atoms with Gasteiger partial charge < -0.3 is 19.6 Å². The zero-order valence-electron chi connectivity index (χ0n) is 13.7. The van der Waals surface area contributed by atoms with Gasteiger partial charge in [-0.15, -0.1) is 11.3 Å². The number of hydrogen-bond donors (Lipinski definition) is 0. The highest BCUT2D eigenvalue weighted by Gasteiger charge is 2.18. The largest absolute Gasteiger partial charge is 0.486 e. The van der Waals surface area contributed by atoms with Gasteiger partial charge in [0.05, 0.1) is 5.69 Å². The third kappa shape index (κ3) is 4.68. The Bertz CT molecular complexity index is 915. The van der Waals surface area contributed by atoms with Crippen LogP contribution in [0.1, 0.15) is 16.4 Å². The minimum atomic E-state index is -0.561. The van der Waals surface area contributed by atoms with Crippen molar-refractivity contribution >= 4 is 28.8 Å². The first kappa shape index (κ1) is 18.1. The minimum absolute atomic E-state index is 0.114. The Morgan fingerprint density at radius 2 is 1.88 bits per heavy atom. The van der Waals surface area contributed by atoms with Crippen LogP contribution in [0.5, 0.6) is 11.5 Å². The summed E-state index contributed by atoms with van der Waals surface area (Å²) in [6.45, 7) is 2.12. The number of halogens is 1. The fourth-order valence-corrected chi connectivity index (χ4v) is 2.90. The second-order valence-corrected chi connectivity index (χ2v) is 6.67. The minimum Gasteiger partial charge on any atom is -0.486 e. The molecule has 2 heterocycles. The maximum atomic E-state index is 11.1. The van der Waals surface area contributed by atoms with Crippen molar-refractivity contribution in [3.63, 3.8) is 0 Å². The number of aromatic nitrogens is 2. The molecule has 0 saturated carbocycles. The summed E-state index contributed by atoms with van der Waals surface area (Å²) in [5.74, 6) is 0.517. The van der Waals surface area contributed by atoms with Crippen molar-refractivity contribution in [3.8, 4) is 11.5 Å². The Labute approximate surface area is 158 Å². The van der Waals surface area contributed by atoms with Crippen molar-refractivity contribution in [3.05, 3.63) is 73.3 Å². The van der Waals surface area contributed by atoms with Crippen LogP contribution in [0.4, 0.5) is 5.82 Å². The predicted octanol–water partition coefficient (Wildman–Crippen LogP) is 4.57. The van der Waals surface area contributed by atoms with E-state index >= 15 is 0 Å². The van der Waals surface area contributed by atoms with Gasteiger partial charge in [0.2, 0.25) is 5.75 Å². The van der Waals surface area contributed by atoms with Gasteiger partial charge in [-0.05, 0) is 46.3 Å². The van der Waals surface area contributed by atoms with Gasteiger partial charge in [-0.25, -0.2) is 4.98 Å². The van der Waals surface area contributed by atoms with Crippen LogP contribution >= 0.6 is 22.9 Å². The van der Waals surface area contributed by atoms with Crippen LogP contribution in [0, 0.1) is 17.0 Å². The van der Waals surface area contributed by atoms with Crippen molar-refractivity contribution in [2.75, 3.05) is 0 Å². The number of rotatable bonds is 7. The summed E-state index contributed by atoms with van der Waals surface area (Å²) >= 11 is 7.26.